The molecule has 0 saturated carbocycles. The van der Waals surface area contributed by atoms with Crippen LogP contribution in [-0.2, 0) is 9.53 Å². The smallest absolute Gasteiger partial charge is 0.310 e. The highest BCUT2D eigenvalue weighted by molar-refractivity contribution is 9.11. The minimum atomic E-state index is -0.129. The van der Waals surface area contributed by atoms with Crippen molar-refractivity contribution in [2.75, 3.05) is 6.61 Å². The normalized spacial score (nSPS) is 24.1. The average Bonchev–Trinajstić information content (AvgIpc) is 2.14. The summed E-state index contributed by atoms with van der Waals surface area (Å²) in [4.78, 5) is 12.1. The van der Waals surface area contributed by atoms with Crippen LogP contribution in [0.3, 0.4) is 0 Å². The van der Waals surface area contributed by atoms with Crippen LogP contribution in [0.25, 0.3) is 0 Å². The lowest BCUT2D eigenvalue weighted by molar-refractivity contribution is -0.137. The molecule has 0 aromatic carbocycles. The number of hydrogen-bond donors (Lipinski definition) is 0. The van der Waals surface area contributed by atoms with Gasteiger partial charge in [-0.15, -0.1) is 0 Å². The van der Waals surface area contributed by atoms with Crippen molar-refractivity contribution in [3.05, 3.63) is 10.6 Å². The Hall–Kier alpha value is -0.310. The monoisotopic (exact) mass is 176 g/mol. The first kappa shape index (κ1) is 5.82. The zero-order chi connectivity index (χ0) is 5.98. The molecule has 1 rings (SSSR count). The quantitative estimate of drug-likeness (QED) is 0.520. The molecule has 1 aliphatic rings. The number of rotatable bonds is 0. The molecule has 3 heteroatoms. The average molecular weight is 177 g/mol. The predicted octanol–water partition coefficient (Wildman–Crippen LogP) is 1.21. The maximum atomic E-state index is 10.3. The van der Waals surface area contributed by atoms with Gasteiger partial charge in [0.1, 0.15) is 6.61 Å². The van der Waals surface area contributed by atoms with E-state index in [1.54, 1.807) is 4.99 Å². The van der Waals surface area contributed by atoms with Gasteiger partial charge in [-0.3, -0.25) is 4.79 Å². The molecule has 0 aromatic rings. The zero-order valence-corrected chi connectivity index (χ0v) is 5.77. The van der Waals surface area contributed by atoms with Crippen LogP contribution in [0.4, 0.5) is 0 Å². The Kier molecular flexibility index (Phi) is 1.68. The third kappa shape index (κ3) is 1.10. The lowest BCUT2D eigenvalue weighted by Crippen LogP contribution is -1.88. The maximum Gasteiger partial charge on any atom is 0.310 e. The number of cyclic esters (lactones) is 1. The van der Waals surface area contributed by atoms with Crippen LogP contribution in [0, 0.1) is 0 Å². The van der Waals surface area contributed by atoms with Gasteiger partial charge in [-0.05, 0) is 10.6 Å². The van der Waals surface area contributed by atoms with Crippen molar-refractivity contribution in [2.24, 2.45) is 0 Å². The molecule has 0 atom stereocenters. The molecule has 0 aromatic heterocycles. The van der Waals surface area contributed by atoms with Gasteiger partial charge in [0.2, 0.25) is 0 Å². The second-order valence-corrected chi connectivity index (χ2v) is 2.06. The Morgan fingerprint density at radius 2 is 2.50 bits per heavy atom. The minimum absolute atomic E-state index is 0.129. The van der Waals surface area contributed by atoms with E-state index in [4.69, 9.17) is 0 Å². The summed E-state index contributed by atoms with van der Waals surface area (Å²) in [6.07, 6.45) is 0.450. The van der Waals surface area contributed by atoms with Crippen LogP contribution in [0.5, 0.6) is 0 Å². The van der Waals surface area contributed by atoms with E-state index in [1.807, 2.05) is 0 Å². The summed E-state index contributed by atoms with van der Waals surface area (Å²) in [5, 5.41) is 0. The molecule has 0 unspecified atom stereocenters. The Bertz CT molecular complexity index is 139. The van der Waals surface area contributed by atoms with Gasteiger partial charge in [-0.2, -0.15) is 0 Å². The van der Waals surface area contributed by atoms with Crippen molar-refractivity contribution < 1.29 is 9.53 Å². The van der Waals surface area contributed by atoms with Crippen molar-refractivity contribution in [2.45, 2.75) is 6.42 Å². The van der Waals surface area contributed by atoms with E-state index in [9.17, 15) is 4.79 Å². The van der Waals surface area contributed by atoms with Crippen LogP contribution < -0.4 is 0 Å². The Balaban J connectivity index is 2.56. The molecule has 2 nitrogen and oxygen atoms in total. The summed E-state index contributed by atoms with van der Waals surface area (Å²) in [5.74, 6) is -0.129. The van der Waals surface area contributed by atoms with Gasteiger partial charge in [0.15, 0.2) is 0 Å². The van der Waals surface area contributed by atoms with Gasteiger partial charge in [-0.25, -0.2) is 0 Å². The molecule has 0 spiro atoms. The molecular weight excluding hydrogens is 172 g/mol. The van der Waals surface area contributed by atoms with Gasteiger partial charge in [0, 0.05) is 0 Å². The highest BCUT2D eigenvalue weighted by Gasteiger charge is 2.14. The molecule has 0 N–H and O–H groups in total. The van der Waals surface area contributed by atoms with Crippen LogP contribution in [0.2, 0.25) is 0 Å². The van der Waals surface area contributed by atoms with E-state index in [0.29, 0.717) is 13.0 Å². The zero-order valence-electron chi connectivity index (χ0n) is 4.19. The summed E-state index contributed by atoms with van der Waals surface area (Å²) in [5.41, 5.74) is 1.01. The Morgan fingerprint density at radius 1 is 1.75 bits per heavy atom. The standard InChI is InChI=1S/C5H5BrO2/c6-2-4-1-5(7)8-3-4/h2H,1,3H2/b4-2-. The van der Waals surface area contributed by atoms with Crippen molar-refractivity contribution >= 4 is 21.9 Å². The third-order valence-electron chi connectivity index (χ3n) is 0.944. The fourth-order valence-electron chi connectivity index (χ4n) is 0.531. The molecule has 1 aliphatic heterocycles. The van der Waals surface area contributed by atoms with E-state index >= 15 is 0 Å². The molecule has 0 radical (unpaired) electrons. The lowest BCUT2D eigenvalue weighted by atomic mass is 10.3. The summed E-state index contributed by atoms with van der Waals surface area (Å²) in [7, 11) is 0. The maximum absolute atomic E-state index is 10.3. The SMILES string of the molecule is O=C1C/C(=C/Br)CO1. The van der Waals surface area contributed by atoms with Crippen molar-refractivity contribution in [3.63, 3.8) is 0 Å². The van der Waals surface area contributed by atoms with Gasteiger partial charge in [0.05, 0.1) is 6.42 Å². The van der Waals surface area contributed by atoms with E-state index in [1.165, 1.54) is 0 Å². The molecular formula is C5H5BrO2. The molecule has 44 valence electrons. The minimum Gasteiger partial charge on any atom is -0.461 e. The number of ether oxygens (including phenoxy) is 1. The van der Waals surface area contributed by atoms with Gasteiger partial charge >= 0.3 is 5.97 Å². The molecule has 1 saturated heterocycles. The topological polar surface area (TPSA) is 26.3 Å². The second-order valence-electron chi connectivity index (χ2n) is 1.60. The molecule has 0 amide bonds. The van der Waals surface area contributed by atoms with E-state index in [0.717, 1.165) is 5.57 Å². The lowest BCUT2D eigenvalue weighted by Gasteiger charge is -1.83. The second kappa shape index (κ2) is 2.31. The third-order valence-corrected chi connectivity index (χ3v) is 1.59. The fraction of sp³-hybridized carbons (Fsp3) is 0.400. The van der Waals surface area contributed by atoms with E-state index in [2.05, 4.69) is 20.7 Å². The first-order chi connectivity index (χ1) is 3.83. The first-order valence-electron chi connectivity index (χ1n) is 2.26. The molecule has 0 bridgehead atoms. The number of hydrogen-bond acceptors (Lipinski definition) is 2. The van der Waals surface area contributed by atoms with Crippen LogP contribution in [0.15, 0.2) is 10.6 Å². The summed E-state index contributed by atoms with van der Waals surface area (Å²) < 4.78 is 4.62. The van der Waals surface area contributed by atoms with Crippen LogP contribution in [0.1, 0.15) is 6.42 Å². The molecule has 1 heterocycles. The number of carbonyl (C=O) groups excluding carboxylic acids is 1. The predicted molar refractivity (Wildman–Crippen MR) is 32.6 cm³/mol. The van der Waals surface area contributed by atoms with Crippen molar-refractivity contribution in [1.29, 1.82) is 0 Å². The van der Waals surface area contributed by atoms with E-state index < -0.39 is 0 Å². The Labute approximate surface area is 55.6 Å². The highest BCUT2D eigenvalue weighted by atomic mass is 79.9. The van der Waals surface area contributed by atoms with E-state index in [-0.39, 0.29) is 5.97 Å². The van der Waals surface area contributed by atoms with Crippen LogP contribution in [-0.4, -0.2) is 12.6 Å². The van der Waals surface area contributed by atoms with Crippen molar-refractivity contribution in [3.8, 4) is 0 Å². The van der Waals surface area contributed by atoms with Gasteiger partial charge in [0.25, 0.3) is 0 Å². The van der Waals surface area contributed by atoms with Gasteiger partial charge < -0.3 is 4.74 Å². The molecule has 0 aliphatic carbocycles. The van der Waals surface area contributed by atoms with Crippen molar-refractivity contribution in [1.82, 2.24) is 0 Å². The number of esters is 1. The number of carbonyl (C=O) groups is 1. The fourth-order valence-corrected chi connectivity index (χ4v) is 0.825. The summed E-state index contributed by atoms with van der Waals surface area (Å²) in [6, 6.07) is 0. The molecule has 8 heavy (non-hydrogen) atoms. The summed E-state index contributed by atoms with van der Waals surface area (Å²) in [6.45, 7) is 0.462. The summed E-state index contributed by atoms with van der Waals surface area (Å²) >= 11 is 3.11. The van der Waals surface area contributed by atoms with Gasteiger partial charge in [-0.1, -0.05) is 15.9 Å². The largest absolute Gasteiger partial charge is 0.461 e. The number of halogens is 1. The van der Waals surface area contributed by atoms with Crippen LogP contribution >= 0.6 is 15.9 Å². The molecule has 1 fully saturated rings. The Morgan fingerprint density at radius 3 is 2.75 bits per heavy atom. The first-order valence-corrected chi connectivity index (χ1v) is 3.18. The highest BCUT2D eigenvalue weighted by Crippen LogP contribution is 2.13.